The lowest BCUT2D eigenvalue weighted by Crippen LogP contribution is -2.17. The Labute approximate surface area is 126 Å². The summed E-state index contributed by atoms with van der Waals surface area (Å²) < 4.78 is 0. The Morgan fingerprint density at radius 3 is 2.81 bits per heavy atom. The molecule has 1 unspecified atom stereocenters. The summed E-state index contributed by atoms with van der Waals surface area (Å²) in [6.07, 6.45) is 1.69. The summed E-state index contributed by atoms with van der Waals surface area (Å²) in [5, 5.41) is 13.6. The zero-order valence-electron chi connectivity index (χ0n) is 11.6. The number of thiophene rings is 1. The van der Waals surface area contributed by atoms with Gasteiger partial charge >= 0.3 is 5.97 Å². The van der Waals surface area contributed by atoms with E-state index in [4.69, 9.17) is 5.11 Å². The first kappa shape index (κ1) is 15.2. The molecule has 21 heavy (non-hydrogen) atoms. The van der Waals surface area contributed by atoms with E-state index in [9.17, 15) is 9.59 Å². The average molecular weight is 304 g/mol. The third kappa shape index (κ3) is 4.68. The molecule has 2 aromatic heterocycles. The number of carbonyl (C=O) groups excluding carboxylic acids is 1. The van der Waals surface area contributed by atoms with Crippen molar-refractivity contribution in [3.8, 4) is 0 Å². The second kappa shape index (κ2) is 6.99. The lowest BCUT2D eigenvalue weighted by atomic mass is 9.99. The molecule has 0 saturated carbocycles. The number of rotatable bonds is 6. The molecule has 6 heteroatoms. The highest BCUT2D eigenvalue weighted by Crippen LogP contribution is 2.28. The second-order valence-corrected chi connectivity index (χ2v) is 5.76. The number of carboxylic acid groups (broad SMARTS) is 1. The number of hydrogen-bond acceptors (Lipinski definition) is 4. The predicted molar refractivity (Wildman–Crippen MR) is 81.5 cm³/mol. The molecule has 5 nitrogen and oxygen atoms in total. The molecule has 2 N–H and O–H groups in total. The topological polar surface area (TPSA) is 79.3 Å². The van der Waals surface area contributed by atoms with Gasteiger partial charge in [-0.25, -0.2) is 4.98 Å². The molecule has 0 aliphatic rings. The van der Waals surface area contributed by atoms with Crippen molar-refractivity contribution in [3.63, 3.8) is 0 Å². The molecule has 1 amide bonds. The van der Waals surface area contributed by atoms with Crippen LogP contribution in [0.1, 0.15) is 29.2 Å². The van der Waals surface area contributed by atoms with Crippen LogP contribution in [0.25, 0.3) is 0 Å². The van der Waals surface area contributed by atoms with Crippen LogP contribution < -0.4 is 5.32 Å². The van der Waals surface area contributed by atoms with Crippen molar-refractivity contribution in [3.05, 3.63) is 46.3 Å². The third-order valence-electron chi connectivity index (χ3n) is 2.98. The van der Waals surface area contributed by atoms with E-state index < -0.39 is 5.97 Å². The van der Waals surface area contributed by atoms with Gasteiger partial charge in [0.15, 0.2) is 0 Å². The average Bonchev–Trinajstić information content (AvgIpc) is 2.91. The number of amides is 1. The zero-order chi connectivity index (χ0) is 15.2. The molecule has 2 aromatic rings. The van der Waals surface area contributed by atoms with E-state index in [-0.39, 0.29) is 24.7 Å². The molecule has 0 saturated heterocycles. The first-order valence-electron chi connectivity index (χ1n) is 6.52. The molecule has 2 heterocycles. The molecule has 0 bridgehead atoms. The molecule has 0 aliphatic heterocycles. The zero-order valence-corrected chi connectivity index (χ0v) is 12.4. The van der Waals surface area contributed by atoms with E-state index in [0.717, 1.165) is 10.4 Å². The Hall–Kier alpha value is -2.21. The van der Waals surface area contributed by atoms with Gasteiger partial charge in [-0.1, -0.05) is 6.07 Å². The van der Waals surface area contributed by atoms with Crippen molar-refractivity contribution in [1.29, 1.82) is 0 Å². The van der Waals surface area contributed by atoms with E-state index in [1.165, 1.54) is 11.3 Å². The van der Waals surface area contributed by atoms with Crippen molar-refractivity contribution in [2.45, 2.75) is 25.7 Å². The number of carbonyl (C=O) groups is 2. The van der Waals surface area contributed by atoms with E-state index >= 15 is 0 Å². The summed E-state index contributed by atoms with van der Waals surface area (Å²) in [6.45, 7) is 1.91. The molecular weight excluding hydrogens is 288 g/mol. The third-order valence-corrected chi connectivity index (χ3v) is 4.02. The Kier molecular flexibility index (Phi) is 5.05. The molecule has 0 fully saturated rings. The molecule has 2 rings (SSSR count). The molecule has 0 aliphatic carbocycles. The highest BCUT2D eigenvalue weighted by molar-refractivity contribution is 7.10. The van der Waals surface area contributed by atoms with Crippen molar-refractivity contribution < 1.29 is 14.7 Å². The summed E-state index contributed by atoms with van der Waals surface area (Å²) in [5.41, 5.74) is 1.00. The van der Waals surface area contributed by atoms with Crippen molar-refractivity contribution in [2.24, 2.45) is 0 Å². The Morgan fingerprint density at radius 1 is 1.38 bits per heavy atom. The van der Waals surface area contributed by atoms with E-state index in [0.29, 0.717) is 5.82 Å². The Bertz CT molecular complexity index is 626. The quantitative estimate of drug-likeness (QED) is 0.859. The summed E-state index contributed by atoms with van der Waals surface area (Å²) in [6, 6.07) is 7.33. The minimum absolute atomic E-state index is 0.0603. The number of anilines is 1. The predicted octanol–water partition coefficient (Wildman–Crippen LogP) is 3.04. The number of aromatic nitrogens is 1. The summed E-state index contributed by atoms with van der Waals surface area (Å²) in [7, 11) is 0. The van der Waals surface area contributed by atoms with Gasteiger partial charge in [0.05, 0.1) is 6.42 Å². The van der Waals surface area contributed by atoms with E-state index in [1.54, 1.807) is 12.3 Å². The van der Waals surface area contributed by atoms with Gasteiger partial charge in [-0.3, -0.25) is 9.59 Å². The van der Waals surface area contributed by atoms with Crippen LogP contribution in [0.2, 0.25) is 0 Å². The minimum Gasteiger partial charge on any atom is -0.481 e. The first-order chi connectivity index (χ1) is 10.0. The smallest absolute Gasteiger partial charge is 0.304 e. The summed E-state index contributed by atoms with van der Waals surface area (Å²) >= 11 is 1.46. The Balaban J connectivity index is 2.02. The van der Waals surface area contributed by atoms with Crippen LogP contribution in [0.4, 0.5) is 5.82 Å². The molecule has 1 atom stereocenters. The number of aryl methyl sites for hydroxylation is 1. The maximum atomic E-state index is 12.1. The van der Waals surface area contributed by atoms with Gasteiger partial charge in [-0.15, -0.1) is 11.3 Å². The van der Waals surface area contributed by atoms with Crippen molar-refractivity contribution in [1.82, 2.24) is 4.98 Å². The number of carboxylic acids is 1. The molecule has 110 valence electrons. The SMILES string of the molecule is Cc1ccnc(NC(=O)CC(CC(=O)O)c2cccs2)c1. The lowest BCUT2D eigenvalue weighted by molar-refractivity contribution is -0.137. The highest BCUT2D eigenvalue weighted by Gasteiger charge is 2.20. The number of nitrogens with zero attached hydrogens (tertiary/aromatic N) is 1. The number of nitrogens with one attached hydrogen (secondary N) is 1. The largest absolute Gasteiger partial charge is 0.481 e. The molecule has 0 spiro atoms. The summed E-state index contributed by atoms with van der Waals surface area (Å²) in [5.74, 6) is -0.963. The van der Waals surface area contributed by atoms with E-state index in [2.05, 4.69) is 10.3 Å². The fourth-order valence-corrected chi connectivity index (χ4v) is 2.86. The van der Waals surface area contributed by atoms with Crippen LogP contribution in [0.5, 0.6) is 0 Å². The first-order valence-corrected chi connectivity index (χ1v) is 7.40. The van der Waals surface area contributed by atoms with E-state index in [1.807, 2.05) is 30.5 Å². The normalized spacial score (nSPS) is 11.9. The van der Waals surface area contributed by atoms with Gasteiger partial charge in [-0.2, -0.15) is 0 Å². The van der Waals surface area contributed by atoms with Gasteiger partial charge in [0, 0.05) is 23.4 Å². The highest BCUT2D eigenvalue weighted by atomic mass is 32.1. The van der Waals surface area contributed by atoms with Gasteiger partial charge in [0.2, 0.25) is 5.91 Å². The number of hydrogen-bond donors (Lipinski definition) is 2. The number of pyridine rings is 1. The fourth-order valence-electron chi connectivity index (χ4n) is 2.03. The second-order valence-electron chi connectivity index (χ2n) is 4.78. The van der Waals surface area contributed by atoms with Crippen molar-refractivity contribution >= 4 is 29.0 Å². The standard InChI is InChI=1S/C15H16N2O3S/c1-10-4-5-16-13(7-10)17-14(18)8-11(9-15(19)20)12-3-2-6-21-12/h2-7,11H,8-9H2,1H3,(H,19,20)(H,16,17,18). The van der Waals surface area contributed by atoms with Crippen LogP contribution >= 0.6 is 11.3 Å². The molecular formula is C15H16N2O3S. The Morgan fingerprint density at radius 2 is 2.19 bits per heavy atom. The maximum absolute atomic E-state index is 12.1. The molecule has 0 aromatic carbocycles. The fraction of sp³-hybridized carbons (Fsp3) is 0.267. The van der Waals surface area contributed by atoms with Gasteiger partial charge in [0.25, 0.3) is 0 Å². The van der Waals surface area contributed by atoms with Crippen LogP contribution in [0, 0.1) is 6.92 Å². The van der Waals surface area contributed by atoms with Gasteiger partial charge in [0.1, 0.15) is 5.82 Å². The number of aliphatic carboxylic acids is 1. The van der Waals surface area contributed by atoms with Crippen LogP contribution in [0.3, 0.4) is 0 Å². The van der Waals surface area contributed by atoms with Gasteiger partial charge < -0.3 is 10.4 Å². The van der Waals surface area contributed by atoms with Crippen LogP contribution in [-0.2, 0) is 9.59 Å². The van der Waals surface area contributed by atoms with Crippen LogP contribution in [0.15, 0.2) is 35.8 Å². The van der Waals surface area contributed by atoms with Crippen molar-refractivity contribution in [2.75, 3.05) is 5.32 Å². The lowest BCUT2D eigenvalue weighted by Gasteiger charge is -2.13. The summed E-state index contributed by atoms with van der Waals surface area (Å²) in [4.78, 5) is 28.0. The monoisotopic (exact) mass is 304 g/mol. The van der Waals surface area contributed by atoms with Crippen LogP contribution in [-0.4, -0.2) is 22.0 Å². The minimum atomic E-state index is -0.908. The van der Waals surface area contributed by atoms with Gasteiger partial charge in [-0.05, 0) is 36.1 Å². The maximum Gasteiger partial charge on any atom is 0.304 e. The molecule has 0 radical (unpaired) electrons.